The number of hydrogen-bond acceptors (Lipinski definition) is 7. The van der Waals surface area contributed by atoms with Crippen molar-refractivity contribution >= 4 is 23.3 Å². The Morgan fingerprint density at radius 1 is 1.38 bits per heavy atom. The van der Waals surface area contributed by atoms with Gasteiger partial charge in [0.1, 0.15) is 10.7 Å². The molecular weight excluding hydrogens is 330 g/mol. The molecule has 3 heterocycles. The van der Waals surface area contributed by atoms with Crippen LogP contribution in [-0.4, -0.2) is 35.2 Å². The van der Waals surface area contributed by atoms with Gasteiger partial charge in [0.05, 0.1) is 11.4 Å². The Kier molecular flexibility index (Phi) is 4.21. The van der Waals surface area contributed by atoms with Gasteiger partial charge in [0.15, 0.2) is 0 Å². The Balaban J connectivity index is 2.00. The molecular formula is C14H15N7O2S. The molecule has 0 radical (unpaired) electrons. The van der Waals surface area contributed by atoms with Crippen molar-refractivity contribution in [3.63, 3.8) is 0 Å². The van der Waals surface area contributed by atoms with E-state index >= 15 is 0 Å². The van der Waals surface area contributed by atoms with Crippen LogP contribution in [0.5, 0.6) is 0 Å². The maximum Gasteiger partial charge on any atom is 0.270 e. The molecule has 1 amide bonds. The highest BCUT2D eigenvalue weighted by Crippen LogP contribution is 2.17. The van der Waals surface area contributed by atoms with Crippen molar-refractivity contribution in [3.05, 3.63) is 44.4 Å². The van der Waals surface area contributed by atoms with Crippen LogP contribution in [-0.2, 0) is 6.42 Å². The van der Waals surface area contributed by atoms with Crippen LogP contribution in [0.2, 0.25) is 0 Å². The van der Waals surface area contributed by atoms with Crippen LogP contribution in [0.15, 0.2) is 16.9 Å². The number of nitrogens with zero attached hydrogens (tertiary/aromatic N) is 5. The quantitative estimate of drug-likeness (QED) is 0.734. The molecule has 0 saturated carbocycles. The van der Waals surface area contributed by atoms with E-state index in [4.69, 9.17) is 0 Å². The van der Waals surface area contributed by atoms with Crippen molar-refractivity contribution in [2.45, 2.75) is 27.2 Å². The van der Waals surface area contributed by atoms with E-state index in [1.807, 2.05) is 6.92 Å². The predicted molar refractivity (Wildman–Crippen MR) is 88.7 cm³/mol. The van der Waals surface area contributed by atoms with Crippen molar-refractivity contribution in [1.82, 2.24) is 29.3 Å². The first kappa shape index (κ1) is 16.0. The molecule has 3 aromatic heterocycles. The summed E-state index contributed by atoms with van der Waals surface area (Å²) in [4.78, 5) is 31.5. The second-order valence-electron chi connectivity index (χ2n) is 5.14. The Morgan fingerprint density at radius 2 is 2.17 bits per heavy atom. The number of carbonyl (C=O) groups excluding carboxylic acids is 1. The number of anilines is 1. The highest BCUT2D eigenvalue weighted by molar-refractivity contribution is 7.08. The molecule has 0 unspecified atom stereocenters. The minimum atomic E-state index is -0.336. The van der Waals surface area contributed by atoms with Crippen molar-refractivity contribution in [2.24, 2.45) is 0 Å². The van der Waals surface area contributed by atoms with Crippen LogP contribution in [0.1, 0.15) is 33.7 Å². The van der Waals surface area contributed by atoms with Gasteiger partial charge in [0.2, 0.25) is 5.95 Å². The van der Waals surface area contributed by atoms with Gasteiger partial charge in [-0.15, -0.1) is 5.10 Å². The molecule has 9 nitrogen and oxygen atoms in total. The van der Waals surface area contributed by atoms with Crippen LogP contribution in [0.4, 0.5) is 5.82 Å². The molecule has 3 aromatic rings. The van der Waals surface area contributed by atoms with Crippen molar-refractivity contribution in [3.8, 4) is 5.95 Å². The van der Waals surface area contributed by atoms with Gasteiger partial charge < -0.3 is 5.32 Å². The smallest absolute Gasteiger partial charge is 0.270 e. The van der Waals surface area contributed by atoms with Crippen LogP contribution in [0.3, 0.4) is 0 Å². The van der Waals surface area contributed by atoms with E-state index in [-0.39, 0.29) is 17.4 Å². The van der Waals surface area contributed by atoms with Gasteiger partial charge >= 0.3 is 0 Å². The molecule has 0 aromatic carbocycles. The van der Waals surface area contributed by atoms with E-state index < -0.39 is 0 Å². The fourth-order valence-electron chi connectivity index (χ4n) is 2.14. The number of hydrogen-bond donors (Lipinski definition) is 2. The zero-order valence-electron chi connectivity index (χ0n) is 13.3. The maximum absolute atomic E-state index is 12.4. The van der Waals surface area contributed by atoms with Gasteiger partial charge in [0, 0.05) is 17.8 Å². The lowest BCUT2D eigenvalue weighted by Crippen LogP contribution is -2.19. The van der Waals surface area contributed by atoms with E-state index in [2.05, 4.69) is 30.0 Å². The van der Waals surface area contributed by atoms with Crippen LogP contribution in [0, 0.1) is 13.8 Å². The minimum Gasteiger partial charge on any atom is -0.306 e. The molecule has 2 N–H and O–H groups in total. The van der Waals surface area contributed by atoms with E-state index in [1.165, 1.54) is 10.7 Å². The van der Waals surface area contributed by atoms with E-state index in [9.17, 15) is 9.59 Å². The highest BCUT2D eigenvalue weighted by atomic mass is 32.1. The largest absolute Gasteiger partial charge is 0.306 e. The standard InChI is InChI=1S/C14H15N7O2S/c1-4-9-6-11(22)17-14(15-9)21-10(5-7(2)19-21)16-13(23)12-8(3)18-20-24-12/h5-6H,4H2,1-3H3,(H,16,23)(H,15,17,22). The Morgan fingerprint density at radius 3 is 2.83 bits per heavy atom. The summed E-state index contributed by atoms with van der Waals surface area (Å²) in [6, 6.07) is 3.13. The normalized spacial score (nSPS) is 10.8. The Hall–Kier alpha value is -2.88. The van der Waals surface area contributed by atoms with Gasteiger partial charge in [-0.2, -0.15) is 9.78 Å². The SMILES string of the molecule is CCc1cc(=O)[nH]c(-n2nc(C)cc2NC(=O)c2snnc2C)n1. The second-order valence-corrected chi connectivity index (χ2v) is 5.89. The molecule has 0 atom stereocenters. The van der Waals surface area contributed by atoms with Gasteiger partial charge in [0.25, 0.3) is 11.5 Å². The molecule has 0 bridgehead atoms. The van der Waals surface area contributed by atoms with Gasteiger partial charge in [-0.3, -0.25) is 14.6 Å². The van der Waals surface area contributed by atoms with Gasteiger partial charge in [-0.05, 0) is 31.8 Å². The molecule has 124 valence electrons. The summed E-state index contributed by atoms with van der Waals surface area (Å²) < 4.78 is 5.15. The van der Waals surface area contributed by atoms with Gasteiger partial charge in [-0.1, -0.05) is 11.4 Å². The lowest BCUT2D eigenvalue weighted by atomic mass is 10.3. The van der Waals surface area contributed by atoms with E-state index in [0.717, 1.165) is 11.5 Å². The predicted octanol–water partition coefficient (Wildman–Crippen LogP) is 1.24. The summed E-state index contributed by atoms with van der Waals surface area (Å²) in [7, 11) is 0. The Bertz CT molecular complexity index is 956. The fourth-order valence-corrected chi connectivity index (χ4v) is 2.69. The number of aromatic amines is 1. The fraction of sp³-hybridized carbons (Fsp3) is 0.286. The molecule has 0 aliphatic heterocycles. The third-order valence-electron chi connectivity index (χ3n) is 3.28. The summed E-state index contributed by atoms with van der Waals surface area (Å²) in [5, 5.41) is 10.9. The lowest BCUT2D eigenvalue weighted by Gasteiger charge is -2.08. The molecule has 0 aliphatic carbocycles. The van der Waals surface area contributed by atoms with Crippen molar-refractivity contribution in [1.29, 1.82) is 0 Å². The van der Waals surface area contributed by atoms with E-state index in [1.54, 1.807) is 19.9 Å². The average Bonchev–Trinajstić information content (AvgIpc) is 3.12. The van der Waals surface area contributed by atoms with Crippen LogP contribution in [0.25, 0.3) is 5.95 Å². The minimum absolute atomic E-state index is 0.252. The molecule has 0 saturated heterocycles. The number of aromatic nitrogens is 6. The van der Waals surface area contributed by atoms with Crippen LogP contribution < -0.4 is 10.9 Å². The van der Waals surface area contributed by atoms with Crippen molar-refractivity contribution < 1.29 is 4.79 Å². The van der Waals surface area contributed by atoms with Crippen LogP contribution >= 0.6 is 11.5 Å². The zero-order chi connectivity index (χ0) is 17.3. The monoisotopic (exact) mass is 345 g/mol. The summed E-state index contributed by atoms with van der Waals surface area (Å²) in [6.07, 6.45) is 0.616. The Labute approximate surface area is 140 Å². The zero-order valence-corrected chi connectivity index (χ0v) is 14.1. The van der Waals surface area contributed by atoms with Crippen molar-refractivity contribution in [2.75, 3.05) is 5.32 Å². The van der Waals surface area contributed by atoms with E-state index in [0.29, 0.717) is 34.2 Å². The molecule has 0 fully saturated rings. The third-order valence-corrected chi connectivity index (χ3v) is 4.10. The maximum atomic E-state index is 12.4. The molecule has 24 heavy (non-hydrogen) atoms. The number of aryl methyl sites for hydroxylation is 3. The summed E-state index contributed by atoms with van der Waals surface area (Å²) in [6.45, 7) is 5.40. The molecule has 10 heteroatoms. The average molecular weight is 345 g/mol. The van der Waals surface area contributed by atoms with Gasteiger partial charge in [-0.25, -0.2) is 4.98 Å². The highest BCUT2D eigenvalue weighted by Gasteiger charge is 2.17. The molecule has 0 aliphatic rings. The number of carbonyl (C=O) groups is 1. The number of H-pyrrole nitrogens is 1. The first-order valence-corrected chi connectivity index (χ1v) is 8.03. The molecule has 3 rings (SSSR count). The third kappa shape index (κ3) is 3.08. The summed E-state index contributed by atoms with van der Waals surface area (Å²) >= 11 is 1.02. The summed E-state index contributed by atoms with van der Waals surface area (Å²) in [5.74, 6) is 0.321. The molecule has 0 spiro atoms. The topological polar surface area (TPSA) is 118 Å². The first-order valence-electron chi connectivity index (χ1n) is 7.25. The lowest BCUT2D eigenvalue weighted by molar-refractivity contribution is 0.102. The summed E-state index contributed by atoms with van der Waals surface area (Å²) in [5.41, 5.74) is 1.60. The number of rotatable bonds is 4. The first-order chi connectivity index (χ1) is 11.5. The number of amides is 1. The number of nitrogens with one attached hydrogen (secondary N) is 2. The second kappa shape index (κ2) is 6.32.